The number of aryl methyl sites for hydroxylation is 1. The molecule has 0 bridgehead atoms. The van der Waals surface area contributed by atoms with Crippen molar-refractivity contribution >= 4 is 43.2 Å². The Morgan fingerprint density at radius 1 is 1.19 bits per heavy atom. The quantitative estimate of drug-likeness (QED) is 0.830. The van der Waals surface area contributed by atoms with E-state index in [1.807, 2.05) is 12.1 Å². The lowest BCUT2D eigenvalue weighted by atomic mass is 10.0. The van der Waals surface area contributed by atoms with Gasteiger partial charge in [0.05, 0.1) is 9.83 Å². The van der Waals surface area contributed by atoms with Gasteiger partial charge in [0.25, 0.3) is 0 Å². The number of hydrogen-bond acceptors (Lipinski definition) is 2. The van der Waals surface area contributed by atoms with Gasteiger partial charge >= 0.3 is 0 Å². The van der Waals surface area contributed by atoms with Crippen molar-refractivity contribution < 1.29 is 0 Å². The molecule has 0 radical (unpaired) electrons. The second-order valence-corrected chi connectivity index (χ2v) is 6.98. The Bertz CT molecular complexity index is 507. The molecule has 0 aliphatic carbocycles. The number of rotatable bonds is 2. The Hall–Kier alpha value is -0.160. The Morgan fingerprint density at radius 3 is 2.50 bits per heavy atom. The average molecular weight is 361 g/mol. The molecule has 1 aromatic carbocycles. The molecular formula is C12H11Br2NS. The highest BCUT2D eigenvalue weighted by Gasteiger charge is 2.11. The smallest absolute Gasteiger partial charge is 0.0702 e. The van der Waals surface area contributed by atoms with Crippen LogP contribution in [-0.2, 0) is 0 Å². The third-order valence-corrected chi connectivity index (χ3v) is 5.04. The van der Waals surface area contributed by atoms with Crippen LogP contribution in [0, 0.1) is 6.92 Å². The molecule has 0 aliphatic heterocycles. The second-order valence-electron chi connectivity index (χ2n) is 3.63. The third-order valence-electron chi connectivity index (χ3n) is 2.44. The molecule has 1 unspecified atom stereocenters. The normalized spacial score (nSPS) is 12.8. The van der Waals surface area contributed by atoms with Gasteiger partial charge in [-0.05, 0) is 52.2 Å². The predicted molar refractivity (Wildman–Crippen MR) is 76.9 cm³/mol. The maximum absolute atomic E-state index is 6.22. The van der Waals surface area contributed by atoms with Crippen LogP contribution in [0.4, 0.5) is 0 Å². The standard InChI is InChI=1S/C12H11Br2NS/c1-7-6-8(2-3-9(7)13)12(15)10-4-5-11(14)16-10/h2-6,12H,15H2,1H3. The zero-order valence-corrected chi connectivity index (χ0v) is 12.7. The minimum absolute atomic E-state index is 0.0388. The van der Waals surface area contributed by atoms with Gasteiger partial charge < -0.3 is 5.73 Å². The van der Waals surface area contributed by atoms with E-state index >= 15 is 0 Å². The Labute approximate surface area is 116 Å². The molecule has 4 heteroatoms. The van der Waals surface area contributed by atoms with E-state index in [0.717, 1.165) is 13.8 Å². The van der Waals surface area contributed by atoms with Crippen LogP contribution in [0.5, 0.6) is 0 Å². The summed E-state index contributed by atoms with van der Waals surface area (Å²) in [7, 11) is 0. The lowest BCUT2D eigenvalue weighted by molar-refractivity contribution is 0.891. The maximum Gasteiger partial charge on any atom is 0.0702 e. The van der Waals surface area contributed by atoms with Crippen molar-refractivity contribution in [3.63, 3.8) is 0 Å². The molecule has 1 heterocycles. The van der Waals surface area contributed by atoms with E-state index in [9.17, 15) is 0 Å². The molecular weight excluding hydrogens is 350 g/mol. The van der Waals surface area contributed by atoms with E-state index in [1.165, 1.54) is 10.4 Å². The first kappa shape index (κ1) is 12.3. The monoisotopic (exact) mass is 359 g/mol. The SMILES string of the molecule is Cc1cc(C(N)c2ccc(Br)s2)ccc1Br. The number of halogens is 2. The van der Waals surface area contributed by atoms with E-state index in [2.05, 4.69) is 57.0 Å². The van der Waals surface area contributed by atoms with Crippen molar-refractivity contribution in [3.8, 4) is 0 Å². The van der Waals surface area contributed by atoms with Crippen LogP contribution in [0.2, 0.25) is 0 Å². The predicted octanol–water partition coefficient (Wildman–Crippen LogP) is 4.63. The molecule has 1 nitrogen and oxygen atoms in total. The second kappa shape index (κ2) is 5.00. The highest BCUT2D eigenvalue weighted by molar-refractivity contribution is 9.11. The van der Waals surface area contributed by atoms with Crippen LogP contribution in [0.3, 0.4) is 0 Å². The molecule has 84 valence electrons. The van der Waals surface area contributed by atoms with E-state index in [-0.39, 0.29) is 6.04 Å². The molecule has 2 N–H and O–H groups in total. The van der Waals surface area contributed by atoms with E-state index in [1.54, 1.807) is 11.3 Å². The summed E-state index contributed by atoms with van der Waals surface area (Å²) in [4.78, 5) is 1.17. The van der Waals surface area contributed by atoms with Gasteiger partial charge in [0.2, 0.25) is 0 Å². The van der Waals surface area contributed by atoms with Gasteiger partial charge in [-0.25, -0.2) is 0 Å². The zero-order chi connectivity index (χ0) is 11.7. The fourth-order valence-electron chi connectivity index (χ4n) is 1.52. The maximum atomic E-state index is 6.22. The van der Waals surface area contributed by atoms with Crippen molar-refractivity contribution in [2.75, 3.05) is 0 Å². The van der Waals surface area contributed by atoms with Gasteiger partial charge in [0, 0.05) is 9.35 Å². The number of nitrogens with two attached hydrogens (primary N) is 1. The minimum Gasteiger partial charge on any atom is -0.320 e. The fourth-order valence-corrected chi connectivity index (χ4v) is 3.22. The Morgan fingerprint density at radius 2 is 1.94 bits per heavy atom. The first-order valence-corrected chi connectivity index (χ1v) is 7.25. The lowest BCUT2D eigenvalue weighted by Crippen LogP contribution is -2.10. The minimum atomic E-state index is -0.0388. The lowest BCUT2D eigenvalue weighted by Gasteiger charge is -2.11. The van der Waals surface area contributed by atoms with Gasteiger partial charge in [-0.3, -0.25) is 0 Å². The third kappa shape index (κ3) is 2.56. The summed E-state index contributed by atoms with van der Waals surface area (Å²) in [6, 6.07) is 10.3. The molecule has 2 rings (SSSR count). The highest BCUT2D eigenvalue weighted by Crippen LogP contribution is 2.31. The highest BCUT2D eigenvalue weighted by atomic mass is 79.9. The first-order valence-electron chi connectivity index (χ1n) is 4.85. The molecule has 0 amide bonds. The molecule has 1 aromatic heterocycles. The number of hydrogen-bond donors (Lipinski definition) is 1. The van der Waals surface area contributed by atoms with Crippen LogP contribution in [0.1, 0.15) is 22.0 Å². The average Bonchev–Trinajstić information content (AvgIpc) is 2.68. The van der Waals surface area contributed by atoms with Crippen LogP contribution >= 0.6 is 43.2 Å². The molecule has 1 atom stereocenters. The van der Waals surface area contributed by atoms with Crippen LogP contribution in [0.25, 0.3) is 0 Å². The van der Waals surface area contributed by atoms with Crippen molar-refractivity contribution in [2.24, 2.45) is 5.73 Å². The summed E-state index contributed by atoms with van der Waals surface area (Å²) >= 11 is 8.63. The van der Waals surface area contributed by atoms with Crippen LogP contribution < -0.4 is 5.73 Å². The molecule has 0 saturated carbocycles. The summed E-state index contributed by atoms with van der Waals surface area (Å²) in [5.41, 5.74) is 8.58. The molecule has 0 saturated heterocycles. The van der Waals surface area contributed by atoms with Gasteiger partial charge in [0.15, 0.2) is 0 Å². The molecule has 0 aliphatic rings. The van der Waals surface area contributed by atoms with E-state index < -0.39 is 0 Å². The van der Waals surface area contributed by atoms with Gasteiger partial charge in [-0.2, -0.15) is 0 Å². The molecule has 0 spiro atoms. The Balaban J connectivity index is 2.33. The summed E-state index contributed by atoms with van der Waals surface area (Å²) in [5, 5.41) is 0. The van der Waals surface area contributed by atoms with Crippen molar-refractivity contribution in [2.45, 2.75) is 13.0 Å². The molecule has 0 fully saturated rings. The summed E-state index contributed by atoms with van der Waals surface area (Å²) < 4.78 is 2.24. The van der Waals surface area contributed by atoms with Crippen LogP contribution in [0.15, 0.2) is 38.6 Å². The summed E-state index contributed by atoms with van der Waals surface area (Å²) in [6.07, 6.45) is 0. The number of thiophene rings is 1. The van der Waals surface area contributed by atoms with Crippen molar-refractivity contribution in [1.82, 2.24) is 0 Å². The summed E-state index contributed by atoms with van der Waals surface area (Å²) in [6.45, 7) is 2.07. The Kier molecular flexibility index (Phi) is 3.85. The van der Waals surface area contributed by atoms with E-state index in [4.69, 9.17) is 5.73 Å². The van der Waals surface area contributed by atoms with Gasteiger partial charge in [-0.1, -0.05) is 28.1 Å². The van der Waals surface area contributed by atoms with Gasteiger partial charge in [0.1, 0.15) is 0 Å². The topological polar surface area (TPSA) is 26.0 Å². The first-order chi connectivity index (χ1) is 7.58. The molecule has 2 aromatic rings. The van der Waals surface area contributed by atoms with Crippen molar-refractivity contribution in [3.05, 3.63) is 54.6 Å². The fraction of sp³-hybridized carbons (Fsp3) is 0.167. The summed E-state index contributed by atoms with van der Waals surface area (Å²) in [5.74, 6) is 0. The molecule has 16 heavy (non-hydrogen) atoms. The zero-order valence-electron chi connectivity index (χ0n) is 8.71. The van der Waals surface area contributed by atoms with Crippen molar-refractivity contribution in [1.29, 1.82) is 0 Å². The van der Waals surface area contributed by atoms with Gasteiger partial charge in [-0.15, -0.1) is 11.3 Å². The van der Waals surface area contributed by atoms with E-state index in [0.29, 0.717) is 0 Å². The number of benzene rings is 1. The van der Waals surface area contributed by atoms with Crippen LogP contribution in [-0.4, -0.2) is 0 Å². The largest absolute Gasteiger partial charge is 0.320 e.